The van der Waals surface area contributed by atoms with Crippen molar-refractivity contribution in [1.82, 2.24) is 5.06 Å². The summed E-state index contributed by atoms with van der Waals surface area (Å²) in [6, 6.07) is 12.7. The fourth-order valence-electron chi connectivity index (χ4n) is 3.79. The third-order valence-electron chi connectivity index (χ3n) is 5.47. The molecule has 1 fully saturated rings. The van der Waals surface area contributed by atoms with Crippen LogP contribution < -0.4 is 0 Å². The highest BCUT2D eigenvalue weighted by Crippen LogP contribution is 2.49. The van der Waals surface area contributed by atoms with Gasteiger partial charge in [0.05, 0.1) is 12.2 Å². The van der Waals surface area contributed by atoms with E-state index in [1.165, 1.54) is 5.06 Å². The van der Waals surface area contributed by atoms with Gasteiger partial charge in [0.2, 0.25) is 0 Å². The predicted molar refractivity (Wildman–Crippen MR) is 117 cm³/mol. The lowest BCUT2D eigenvalue weighted by molar-refractivity contribution is -0.250. The van der Waals surface area contributed by atoms with Gasteiger partial charge in [-0.2, -0.15) is 0 Å². The van der Waals surface area contributed by atoms with E-state index in [4.69, 9.17) is 37.5 Å². The number of hydrogen-bond acceptors (Lipinski definition) is 5. The Hall–Kier alpha value is -2.54. The molecule has 1 aliphatic carbocycles. The number of benzene rings is 2. The summed E-state index contributed by atoms with van der Waals surface area (Å²) in [5.74, 6) is -0.303. The van der Waals surface area contributed by atoms with Crippen molar-refractivity contribution in [2.75, 3.05) is 13.7 Å². The molecule has 0 saturated heterocycles. The first kappa shape index (κ1) is 21.7. The molecule has 1 saturated carbocycles. The zero-order valence-corrected chi connectivity index (χ0v) is 18.6. The van der Waals surface area contributed by atoms with Crippen LogP contribution in [0.5, 0.6) is 0 Å². The monoisotopic (exact) mass is 461 g/mol. The third kappa shape index (κ3) is 4.03. The largest absolute Gasteiger partial charge is 0.513 e. The number of amides is 1. The van der Waals surface area contributed by atoms with E-state index in [-0.39, 0.29) is 17.9 Å². The highest BCUT2D eigenvalue weighted by Gasteiger charge is 2.53. The Kier molecular flexibility index (Phi) is 5.97. The number of carbonyl (C=O) groups is 2. The molecule has 0 unspecified atom stereocenters. The Morgan fingerprint density at radius 1 is 1.13 bits per heavy atom. The molecule has 1 aliphatic heterocycles. The summed E-state index contributed by atoms with van der Waals surface area (Å²) >= 11 is 12.5. The summed E-state index contributed by atoms with van der Waals surface area (Å²) in [6.07, 6.45) is 1.21. The molecule has 31 heavy (non-hydrogen) atoms. The molecule has 162 valence electrons. The predicted octanol–water partition coefficient (Wildman–Crippen LogP) is 5.87. The minimum absolute atomic E-state index is 0.149. The number of carbonyl (C=O) groups excluding carboxylic acids is 2. The lowest BCUT2D eigenvalue weighted by Crippen LogP contribution is -2.53. The van der Waals surface area contributed by atoms with E-state index in [9.17, 15) is 9.59 Å². The Morgan fingerprint density at radius 3 is 2.42 bits per heavy atom. The summed E-state index contributed by atoms with van der Waals surface area (Å²) in [5, 5.41) is 2.16. The van der Waals surface area contributed by atoms with Crippen LogP contribution in [-0.4, -0.2) is 36.4 Å². The standard InChI is InChI=1S/C23H21Cl2NO5/c1-3-29-22(28)30-20-19(21(27)26(2)31-23(20)11-4-12-23)17-13-15(7-10-18(17)25)14-5-8-16(24)9-6-14/h5-10,13H,3-4,11-12H2,1-2H3. The van der Waals surface area contributed by atoms with Crippen LogP contribution in [0, 0.1) is 0 Å². The summed E-state index contributed by atoms with van der Waals surface area (Å²) in [7, 11) is 1.54. The molecule has 1 spiro atoms. The van der Waals surface area contributed by atoms with Crippen LogP contribution in [0.15, 0.2) is 48.2 Å². The number of hydroxylamine groups is 2. The topological polar surface area (TPSA) is 65.1 Å². The maximum Gasteiger partial charge on any atom is 0.513 e. The van der Waals surface area contributed by atoms with Gasteiger partial charge in [-0.15, -0.1) is 0 Å². The van der Waals surface area contributed by atoms with Crippen LogP contribution in [0.4, 0.5) is 4.79 Å². The lowest BCUT2D eigenvalue weighted by atomic mass is 9.75. The van der Waals surface area contributed by atoms with Crippen molar-refractivity contribution in [3.8, 4) is 11.1 Å². The van der Waals surface area contributed by atoms with E-state index < -0.39 is 17.7 Å². The van der Waals surface area contributed by atoms with E-state index in [1.54, 1.807) is 38.2 Å². The van der Waals surface area contributed by atoms with Gasteiger partial charge in [0.15, 0.2) is 11.4 Å². The van der Waals surface area contributed by atoms with Gasteiger partial charge in [0, 0.05) is 22.7 Å². The highest BCUT2D eigenvalue weighted by atomic mass is 35.5. The summed E-state index contributed by atoms with van der Waals surface area (Å²) in [6.45, 7) is 1.83. The van der Waals surface area contributed by atoms with Crippen LogP contribution in [0.3, 0.4) is 0 Å². The van der Waals surface area contributed by atoms with Crippen LogP contribution in [0.1, 0.15) is 31.7 Å². The van der Waals surface area contributed by atoms with Gasteiger partial charge in [-0.1, -0.05) is 41.4 Å². The molecule has 0 N–H and O–H groups in total. The van der Waals surface area contributed by atoms with Crippen molar-refractivity contribution in [3.63, 3.8) is 0 Å². The molecule has 1 amide bonds. The van der Waals surface area contributed by atoms with Gasteiger partial charge < -0.3 is 9.47 Å². The third-order valence-corrected chi connectivity index (χ3v) is 6.06. The molecule has 0 radical (unpaired) electrons. The molecule has 2 aromatic carbocycles. The summed E-state index contributed by atoms with van der Waals surface area (Å²) in [4.78, 5) is 31.3. The van der Waals surface area contributed by atoms with Gasteiger partial charge in [-0.25, -0.2) is 9.86 Å². The number of ether oxygens (including phenoxy) is 2. The molecule has 1 heterocycles. The van der Waals surface area contributed by atoms with E-state index in [2.05, 4.69) is 0 Å². The smallest absolute Gasteiger partial charge is 0.434 e. The Morgan fingerprint density at radius 2 is 1.81 bits per heavy atom. The second-order valence-electron chi connectivity index (χ2n) is 7.43. The molecule has 4 rings (SSSR count). The van der Waals surface area contributed by atoms with Crippen molar-refractivity contribution in [3.05, 3.63) is 63.8 Å². The van der Waals surface area contributed by atoms with Crippen molar-refractivity contribution in [1.29, 1.82) is 0 Å². The molecular formula is C23H21Cl2NO5. The molecular weight excluding hydrogens is 441 g/mol. The maximum atomic E-state index is 13.2. The average molecular weight is 462 g/mol. The quantitative estimate of drug-likeness (QED) is 0.532. The normalized spacial score (nSPS) is 17.5. The maximum absolute atomic E-state index is 13.2. The minimum atomic E-state index is -0.898. The van der Waals surface area contributed by atoms with E-state index in [0.29, 0.717) is 28.5 Å². The average Bonchev–Trinajstić information content (AvgIpc) is 2.71. The second kappa shape index (κ2) is 8.54. The SMILES string of the molecule is CCOC(=O)OC1=C(c2cc(-c3ccc(Cl)cc3)ccc2Cl)C(=O)N(C)OC12CCC2. The van der Waals surface area contributed by atoms with Gasteiger partial charge >= 0.3 is 6.16 Å². The van der Waals surface area contributed by atoms with Crippen LogP contribution in [-0.2, 0) is 19.1 Å². The Labute approximate surface area is 190 Å². The Balaban J connectivity index is 1.88. The molecule has 0 atom stereocenters. The number of halogens is 2. The molecule has 6 nitrogen and oxygen atoms in total. The summed E-state index contributed by atoms with van der Waals surface area (Å²) < 4.78 is 10.5. The van der Waals surface area contributed by atoms with Crippen LogP contribution in [0.25, 0.3) is 16.7 Å². The fraction of sp³-hybridized carbons (Fsp3) is 0.304. The first-order valence-corrected chi connectivity index (χ1v) is 10.7. The van der Waals surface area contributed by atoms with Crippen molar-refractivity contribution in [2.45, 2.75) is 31.8 Å². The van der Waals surface area contributed by atoms with E-state index in [1.807, 2.05) is 18.2 Å². The first-order valence-electron chi connectivity index (χ1n) is 9.97. The van der Waals surface area contributed by atoms with Crippen LogP contribution in [0.2, 0.25) is 10.0 Å². The Bertz CT molecular complexity index is 1060. The molecule has 2 aliphatic rings. The first-order chi connectivity index (χ1) is 14.8. The van der Waals surface area contributed by atoms with E-state index >= 15 is 0 Å². The molecule has 0 bridgehead atoms. The number of likely N-dealkylation sites (N-methyl/N-ethyl adjacent to an activating group) is 1. The van der Waals surface area contributed by atoms with Crippen molar-refractivity contribution < 1.29 is 23.9 Å². The van der Waals surface area contributed by atoms with Gasteiger partial charge in [0.25, 0.3) is 5.91 Å². The van der Waals surface area contributed by atoms with Crippen LogP contribution >= 0.6 is 23.2 Å². The van der Waals surface area contributed by atoms with Gasteiger partial charge in [-0.3, -0.25) is 9.63 Å². The molecule has 0 aromatic heterocycles. The highest BCUT2D eigenvalue weighted by molar-refractivity contribution is 6.35. The number of rotatable bonds is 4. The lowest BCUT2D eigenvalue weighted by Gasteiger charge is -2.47. The fourth-order valence-corrected chi connectivity index (χ4v) is 4.13. The zero-order chi connectivity index (χ0) is 22.2. The zero-order valence-electron chi connectivity index (χ0n) is 17.1. The molecule has 8 heteroatoms. The minimum Gasteiger partial charge on any atom is -0.434 e. The summed E-state index contributed by atoms with van der Waals surface area (Å²) in [5.41, 5.74) is 1.50. The number of hydrogen-bond donors (Lipinski definition) is 0. The van der Waals surface area contributed by atoms with E-state index in [0.717, 1.165) is 17.5 Å². The second-order valence-corrected chi connectivity index (χ2v) is 8.28. The van der Waals surface area contributed by atoms with Crippen molar-refractivity contribution >= 4 is 40.8 Å². The van der Waals surface area contributed by atoms with Crippen molar-refractivity contribution in [2.24, 2.45) is 0 Å². The van der Waals surface area contributed by atoms with Gasteiger partial charge in [-0.05, 0) is 61.6 Å². The molecule has 2 aromatic rings. The van der Waals surface area contributed by atoms with Gasteiger partial charge in [0.1, 0.15) is 0 Å². The number of nitrogens with zero attached hydrogens (tertiary/aromatic N) is 1.